The molecular weight excluding hydrogens is 404 g/mol. The summed E-state index contributed by atoms with van der Waals surface area (Å²) in [5.41, 5.74) is 1.96. The molecule has 0 aliphatic carbocycles. The van der Waals surface area contributed by atoms with Gasteiger partial charge in [0.1, 0.15) is 18.3 Å². The Labute approximate surface area is 112 Å². The summed E-state index contributed by atoms with van der Waals surface area (Å²) < 4.78 is 59.6. The zero-order valence-electron chi connectivity index (χ0n) is 10.7. The van der Waals surface area contributed by atoms with Crippen LogP contribution in [0, 0.1) is 13.8 Å². The Morgan fingerprint density at radius 1 is 0.895 bits per heavy atom. The van der Waals surface area contributed by atoms with Crippen molar-refractivity contribution in [3.8, 4) is 5.75 Å². The molecule has 0 radical (unpaired) electrons. The van der Waals surface area contributed by atoms with Crippen molar-refractivity contribution in [2.24, 2.45) is 0 Å². The third kappa shape index (κ3) is 11.3. The SMILES string of the molecule is Cc1cc([S+](C)C)cc(C)c1O.[F][Sb-]([F])([F])([F])([F])[F]. The quantitative estimate of drug-likeness (QED) is 0.407. The van der Waals surface area contributed by atoms with Crippen molar-refractivity contribution in [1.29, 1.82) is 0 Å². The summed E-state index contributed by atoms with van der Waals surface area (Å²) in [6.45, 7) is 3.89. The molecule has 1 nitrogen and oxygen atoms in total. The van der Waals surface area contributed by atoms with Gasteiger partial charge in [-0.25, -0.2) is 0 Å². The topological polar surface area (TPSA) is 20.2 Å². The van der Waals surface area contributed by atoms with E-state index in [1.54, 1.807) is 0 Å². The fourth-order valence-corrected chi connectivity index (χ4v) is 1.98. The fraction of sp³-hybridized carbons (Fsp3) is 0.400. The molecule has 0 heterocycles. The summed E-state index contributed by atoms with van der Waals surface area (Å²) in [6, 6.07) is 4.12. The Morgan fingerprint density at radius 2 is 1.16 bits per heavy atom. The van der Waals surface area contributed by atoms with Crippen molar-refractivity contribution in [3.05, 3.63) is 23.3 Å². The van der Waals surface area contributed by atoms with E-state index in [2.05, 4.69) is 24.6 Å². The van der Waals surface area contributed by atoms with Crippen LogP contribution in [-0.4, -0.2) is 37.1 Å². The standard InChI is InChI=1S/C10H14OS.6FH.Sb/c1-7-5-9(12(3)4)6-8(2)10(7)11;;;;;;;/h5-6H,1-4H3;6*1H;/q;;;;;;;+5/p-5. The normalized spacial score (nSPS) is 15.3. The summed E-state index contributed by atoms with van der Waals surface area (Å²) in [5.74, 6) is 0.434. The van der Waals surface area contributed by atoms with Crippen molar-refractivity contribution in [2.75, 3.05) is 12.5 Å². The van der Waals surface area contributed by atoms with Crippen molar-refractivity contribution in [3.63, 3.8) is 0 Å². The molecule has 0 spiro atoms. The van der Waals surface area contributed by atoms with E-state index in [0.717, 1.165) is 11.1 Å². The number of phenols is 1. The van der Waals surface area contributed by atoms with Gasteiger partial charge in [0.05, 0.1) is 0 Å². The predicted molar refractivity (Wildman–Crippen MR) is 67.5 cm³/mol. The number of phenolic OH excluding ortho intramolecular Hbond substituents is 1. The summed E-state index contributed by atoms with van der Waals surface area (Å²) in [5, 5.41) is 9.52. The van der Waals surface area contributed by atoms with Crippen molar-refractivity contribution in [1.82, 2.24) is 0 Å². The van der Waals surface area contributed by atoms with Crippen LogP contribution in [0.3, 0.4) is 0 Å². The van der Waals surface area contributed by atoms with Gasteiger partial charge in [-0.05, 0) is 37.1 Å². The molecule has 0 unspecified atom stereocenters. The molecule has 0 fully saturated rings. The Morgan fingerprint density at radius 3 is 1.37 bits per heavy atom. The Kier molecular flexibility index (Phi) is 4.89. The number of hydrogen-bond acceptors (Lipinski definition) is 1. The second-order valence-electron chi connectivity index (χ2n) is 4.18. The molecule has 1 rings (SSSR count). The van der Waals surface area contributed by atoms with Gasteiger partial charge in [-0.3, -0.25) is 0 Å². The van der Waals surface area contributed by atoms with E-state index in [1.165, 1.54) is 4.90 Å². The number of aromatic hydroxyl groups is 1. The summed E-state index contributed by atoms with van der Waals surface area (Å²) in [7, 11) is 0.281. The Hall–Kier alpha value is -0.232. The molecule has 9 heteroatoms. The second-order valence-corrected chi connectivity index (χ2v) is 11.8. The summed E-state index contributed by atoms with van der Waals surface area (Å²) in [6.07, 6.45) is 4.37. The maximum atomic E-state index is 9.93. The molecule has 114 valence electrons. The molecule has 0 aliphatic heterocycles. The van der Waals surface area contributed by atoms with Crippen LogP contribution in [0.15, 0.2) is 17.0 Å². The number of aryl methyl sites for hydroxylation is 2. The van der Waals surface area contributed by atoms with E-state index < -0.39 is 19.5 Å². The van der Waals surface area contributed by atoms with Gasteiger partial charge in [0.2, 0.25) is 0 Å². The minimum atomic E-state index is -11.2. The second kappa shape index (κ2) is 4.95. The number of hydrogen-bond donors (Lipinski definition) is 1. The zero-order valence-corrected chi connectivity index (χ0v) is 14.1. The fourth-order valence-electron chi connectivity index (χ4n) is 1.15. The van der Waals surface area contributed by atoms with Gasteiger partial charge in [0.15, 0.2) is 4.90 Å². The van der Waals surface area contributed by atoms with Crippen molar-refractivity contribution >= 4 is 30.4 Å². The van der Waals surface area contributed by atoms with Gasteiger partial charge < -0.3 is 5.11 Å². The first-order valence-electron chi connectivity index (χ1n) is 4.91. The van der Waals surface area contributed by atoms with Crippen LogP contribution in [0.4, 0.5) is 16.9 Å². The molecule has 1 aromatic carbocycles. The maximum absolute atomic E-state index is 11.2. The molecule has 0 bridgehead atoms. The molecule has 0 saturated heterocycles. The van der Waals surface area contributed by atoms with Gasteiger partial charge in [-0.1, -0.05) is 0 Å². The summed E-state index contributed by atoms with van der Waals surface area (Å²) in [4.78, 5) is 1.32. The first-order chi connectivity index (χ1) is 7.97. The van der Waals surface area contributed by atoms with E-state index in [4.69, 9.17) is 0 Å². The minimum absolute atomic E-state index is 0.281. The zero-order chi connectivity index (χ0) is 15.7. The molecule has 0 aliphatic rings. The van der Waals surface area contributed by atoms with Crippen LogP contribution in [0.5, 0.6) is 5.75 Å². The molecule has 0 aromatic heterocycles. The van der Waals surface area contributed by atoms with Crippen LogP contribution < -0.4 is 0 Å². The third-order valence-electron chi connectivity index (χ3n) is 1.94. The molecule has 0 atom stereocenters. The van der Waals surface area contributed by atoms with Gasteiger partial charge in [-0.2, -0.15) is 0 Å². The van der Waals surface area contributed by atoms with E-state index in [9.17, 15) is 22.0 Å². The first-order valence-corrected chi connectivity index (χ1v) is 12.7. The molecule has 0 amide bonds. The van der Waals surface area contributed by atoms with E-state index in [1.807, 2.05) is 13.8 Å². The molecule has 19 heavy (non-hydrogen) atoms. The van der Waals surface area contributed by atoms with E-state index >= 15 is 0 Å². The van der Waals surface area contributed by atoms with Gasteiger partial charge in [-0.15, -0.1) is 0 Å². The Balaban J connectivity index is 0.000000399. The average molecular weight is 419 g/mol. The molecule has 1 aromatic rings. The monoisotopic (exact) mass is 418 g/mol. The Bertz CT molecular complexity index is 433. The first kappa shape index (κ1) is 18.8. The van der Waals surface area contributed by atoms with E-state index in [0.29, 0.717) is 5.75 Å². The molecule has 0 saturated carbocycles. The van der Waals surface area contributed by atoms with Crippen molar-refractivity contribution < 1.29 is 22.0 Å². The van der Waals surface area contributed by atoms with Gasteiger partial charge >= 0.3 is 36.4 Å². The summed E-state index contributed by atoms with van der Waals surface area (Å²) >= 11 is -11.2. The molecular formula is C10H15F6OSSb. The third-order valence-corrected chi connectivity index (χ3v) is 3.11. The van der Waals surface area contributed by atoms with Crippen LogP contribution in [0.1, 0.15) is 11.1 Å². The van der Waals surface area contributed by atoms with Crippen molar-refractivity contribution in [2.45, 2.75) is 18.7 Å². The number of halogens is 6. The van der Waals surface area contributed by atoms with Gasteiger partial charge in [0.25, 0.3) is 0 Å². The number of rotatable bonds is 1. The molecule has 1 N–H and O–H groups in total. The van der Waals surface area contributed by atoms with Crippen LogP contribution in [0.25, 0.3) is 0 Å². The van der Waals surface area contributed by atoms with Crippen LogP contribution in [0.2, 0.25) is 0 Å². The number of benzene rings is 1. The van der Waals surface area contributed by atoms with Gasteiger partial charge in [0, 0.05) is 10.9 Å². The van der Waals surface area contributed by atoms with Crippen LogP contribution in [-0.2, 0) is 10.9 Å². The van der Waals surface area contributed by atoms with Crippen LogP contribution >= 0.6 is 0 Å². The predicted octanol–water partition coefficient (Wildman–Crippen LogP) is 4.39. The average Bonchev–Trinajstić information content (AvgIpc) is 2.07. The van der Waals surface area contributed by atoms with E-state index in [-0.39, 0.29) is 10.9 Å².